The van der Waals surface area contributed by atoms with Crippen LogP contribution < -0.4 is 4.90 Å². The fraction of sp³-hybridized carbons (Fsp3) is 0.389. The summed E-state index contributed by atoms with van der Waals surface area (Å²) in [5.41, 5.74) is 6.11. The molecule has 2 aromatic heterocycles. The lowest BCUT2D eigenvalue weighted by molar-refractivity contribution is 0.313. The fourth-order valence-electron chi connectivity index (χ4n) is 3.23. The van der Waals surface area contributed by atoms with E-state index >= 15 is 0 Å². The molecule has 0 saturated carbocycles. The first-order chi connectivity index (χ1) is 11.1. The van der Waals surface area contributed by atoms with Gasteiger partial charge in [-0.3, -0.25) is 4.98 Å². The lowest BCUT2D eigenvalue weighted by atomic mass is 10.1. The van der Waals surface area contributed by atoms with Crippen LogP contribution in [-0.2, 0) is 0 Å². The molecular weight excluding hydrogens is 286 g/mol. The molecule has 0 unspecified atom stereocenters. The predicted octanol–water partition coefficient (Wildman–Crippen LogP) is 2.55. The zero-order valence-electron chi connectivity index (χ0n) is 13.9. The second kappa shape index (κ2) is 5.42. The number of nitrogens with zero attached hydrogens (tertiary/aromatic N) is 5. The number of benzene rings is 1. The van der Waals surface area contributed by atoms with E-state index in [4.69, 9.17) is 9.97 Å². The van der Waals surface area contributed by atoms with Crippen molar-refractivity contribution in [2.45, 2.75) is 13.8 Å². The maximum Gasteiger partial charge on any atom is 0.100 e. The first-order valence-electron chi connectivity index (χ1n) is 8.09. The van der Waals surface area contributed by atoms with Gasteiger partial charge in [-0.2, -0.15) is 0 Å². The van der Waals surface area contributed by atoms with Gasteiger partial charge in [-0.05, 0) is 39.1 Å². The minimum atomic E-state index is 0.948. The largest absolute Gasteiger partial charge is 0.368 e. The average molecular weight is 307 g/mol. The zero-order valence-corrected chi connectivity index (χ0v) is 13.9. The number of anilines is 1. The van der Waals surface area contributed by atoms with Crippen LogP contribution >= 0.6 is 0 Å². The van der Waals surface area contributed by atoms with Crippen molar-refractivity contribution in [3.63, 3.8) is 0 Å². The van der Waals surface area contributed by atoms with Gasteiger partial charge in [-0.15, -0.1) is 0 Å². The van der Waals surface area contributed by atoms with Gasteiger partial charge in [0, 0.05) is 32.4 Å². The normalized spacial score (nSPS) is 16.4. The van der Waals surface area contributed by atoms with E-state index in [9.17, 15) is 0 Å². The van der Waals surface area contributed by atoms with E-state index in [0.717, 1.165) is 59.5 Å². The number of aryl methyl sites for hydroxylation is 2. The van der Waals surface area contributed by atoms with E-state index in [1.807, 2.05) is 26.1 Å². The van der Waals surface area contributed by atoms with Gasteiger partial charge >= 0.3 is 0 Å². The highest BCUT2D eigenvalue weighted by Crippen LogP contribution is 2.31. The molecule has 5 heteroatoms. The van der Waals surface area contributed by atoms with Crippen molar-refractivity contribution in [3.8, 4) is 0 Å². The highest BCUT2D eigenvalue weighted by atomic mass is 15.2. The van der Waals surface area contributed by atoms with E-state index < -0.39 is 0 Å². The quantitative estimate of drug-likeness (QED) is 0.647. The molecule has 0 atom stereocenters. The first kappa shape index (κ1) is 14.3. The lowest BCUT2D eigenvalue weighted by Crippen LogP contribution is -2.44. The van der Waals surface area contributed by atoms with Crippen molar-refractivity contribution in [1.82, 2.24) is 19.9 Å². The number of aromatic nitrogens is 3. The minimum absolute atomic E-state index is 0.948. The molecule has 1 saturated heterocycles. The van der Waals surface area contributed by atoms with E-state index in [1.165, 1.54) is 5.69 Å². The summed E-state index contributed by atoms with van der Waals surface area (Å²) in [6, 6.07) is 6.20. The Balaban J connectivity index is 1.97. The standard InChI is InChI=1S/C18H21N5/c1-12-13(2)21-18-15(20-12)5-4-14-17(18)16(6-7-19-14)23-10-8-22(3)9-11-23/h4-7H,8-11H2,1-3H3. The van der Waals surface area contributed by atoms with Gasteiger partial charge in [0.2, 0.25) is 0 Å². The molecule has 0 amide bonds. The monoisotopic (exact) mass is 307 g/mol. The van der Waals surface area contributed by atoms with Crippen LogP contribution in [0.2, 0.25) is 0 Å². The Morgan fingerprint density at radius 2 is 1.57 bits per heavy atom. The number of fused-ring (bicyclic) bond motifs is 3. The van der Waals surface area contributed by atoms with Crippen LogP contribution in [0.15, 0.2) is 24.4 Å². The Labute approximate surface area is 136 Å². The van der Waals surface area contributed by atoms with Gasteiger partial charge in [0.15, 0.2) is 0 Å². The van der Waals surface area contributed by atoms with E-state index in [-0.39, 0.29) is 0 Å². The molecule has 1 aliphatic rings. The van der Waals surface area contributed by atoms with Gasteiger partial charge < -0.3 is 9.80 Å². The molecule has 0 bridgehead atoms. The average Bonchev–Trinajstić information content (AvgIpc) is 2.56. The number of rotatable bonds is 1. The number of pyridine rings is 1. The molecule has 3 aromatic rings. The Hall–Kier alpha value is -2.27. The molecule has 118 valence electrons. The van der Waals surface area contributed by atoms with Crippen molar-refractivity contribution in [3.05, 3.63) is 35.8 Å². The van der Waals surface area contributed by atoms with Crippen LogP contribution in [0.25, 0.3) is 21.9 Å². The summed E-state index contributed by atoms with van der Waals surface area (Å²) in [4.78, 5) is 18.9. The predicted molar refractivity (Wildman–Crippen MR) is 94.0 cm³/mol. The summed E-state index contributed by atoms with van der Waals surface area (Å²) in [5.74, 6) is 0. The molecular formula is C18H21N5. The lowest BCUT2D eigenvalue weighted by Gasteiger charge is -2.34. The van der Waals surface area contributed by atoms with Crippen molar-refractivity contribution in [2.75, 3.05) is 38.1 Å². The summed E-state index contributed by atoms with van der Waals surface area (Å²) in [6.45, 7) is 8.26. The summed E-state index contributed by atoms with van der Waals surface area (Å²) in [5, 5.41) is 1.13. The molecule has 0 radical (unpaired) electrons. The fourth-order valence-corrected chi connectivity index (χ4v) is 3.23. The zero-order chi connectivity index (χ0) is 16.0. The number of hydrogen-bond donors (Lipinski definition) is 0. The van der Waals surface area contributed by atoms with E-state index in [1.54, 1.807) is 0 Å². The van der Waals surface area contributed by atoms with Crippen LogP contribution in [0.1, 0.15) is 11.4 Å². The van der Waals surface area contributed by atoms with Crippen molar-refractivity contribution in [1.29, 1.82) is 0 Å². The highest BCUT2D eigenvalue weighted by molar-refractivity contribution is 6.09. The van der Waals surface area contributed by atoms with Crippen LogP contribution in [-0.4, -0.2) is 53.1 Å². The SMILES string of the molecule is Cc1nc2ccc3nccc(N4CCN(C)CC4)c3c2nc1C. The molecule has 0 N–H and O–H groups in total. The van der Waals surface area contributed by atoms with Crippen molar-refractivity contribution >= 4 is 27.6 Å². The van der Waals surface area contributed by atoms with Gasteiger partial charge in [0.05, 0.1) is 33.5 Å². The molecule has 5 nitrogen and oxygen atoms in total. The number of likely N-dealkylation sites (N-methyl/N-ethyl adjacent to an activating group) is 1. The minimum Gasteiger partial charge on any atom is -0.368 e. The van der Waals surface area contributed by atoms with E-state index in [0.29, 0.717) is 0 Å². The molecule has 1 aliphatic heterocycles. The van der Waals surface area contributed by atoms with Gasteiger partial charge in [0.1, 0.15) is 5.52 Å². The second-order valence-electron chi connectivity index (χ2n) is 6.34. The van der Waals surface area contributed by atoms with Gasteiger partial charge in [-0.1, -0.05) is 0 Å². The maximum absolute atomic E-state index is 4.83. The molecule has 3 heterocycles. The van der Waals surface area contributed by atoms with Crippen molar-refractivity contribution in [2.24, 2.45) is 0 Å². The third kappa shape index (κ3) is 2.41. The Kier molecular flexibility index (Phi) is 3.38. The Morgan fingerprint density at radius 3 is 2.35 bits per heavy atom. The number of piperazine rings is 1. The summed E-state index contributed by atoms with van der Waals surface area (Å²) in [7, 11) is 2.18. The summed E-state index contributed by atoms with van der Waals surface area (Å²) in [6.07, 6.45) is 1.90. The van der Waals surface area contributed by atoms with E-state index in [2.05, 4.69) is 34.0 Å². The third-order valence-electron chi connectivity index (χ3n) is 4.77. The van der Waals surface area contributed by atoms with Crippen LogP contribution in [0.4, 0.5) is 5.69 Å². The highest BCUT2D eigenvalue weighted by Gasteiger charge is 2.18. The molecule has 23 heavy (non-hydrogen) atoms. The Morgan fingerprint density at radius 1 is 0.870 bits per heavy atom. The first-order valence-corrected chi connectivity index (χ1v) is 8.09. The van der Waals surface area contributed by atoms with Crippen LogP contribution in [0.3, 0.4) is 0 Å². The molecule has 0 spiro atoms. The molecule has 4 rings (SSSR count). The van der Waals surface area contributed by atoms with Gasteiger partial charge in [0.25, 0.3) is 0 Å². The topological polar surface area (TPSA) is 45.2 Å². The maximum atomic E-state index is 4.83. The Bertz CT molecular complexity index is 881. The third-order valence-corrected chi connectivity index (χ3v) is 4.77. The summed E-state index contributed by atoms with van der Waals surface area (Å²) >= 11 is 0. The molecule has 1 aromatic carbocycles. The molecule has 1 fully saturated rings. The van der Waals surface area contributed by atoms with Crippen molar-refractivity contribution < 1.29 is 0 Å². The van der Waals surface area contributed by atoms with Crippen LogP contribution in [0.5, 0.6) is 0 Å². The summed E-state index contributed by atoms with van der Waals surface area (Å²) < 4.78 is 0. The van der Waals surface area contributed by atoms with Gasteiger partial charge in [-0.25, -0.2) is 9.97 Å². The van der Waals surface area contributed by atoms with Crippen LogP contribution in [0, 0.1) is 13.8 Å². The smallest absolute Gasteiger partial charge is 0.100 e. The number of hydrogen-bond acceptors (Lipinski definition) is 5. The second-order valence-corrected chi connectivity index (χ2v) is 6.34. The molecule has 0 aliphatic carbocycles.